The molecule has 1 fully saturated rings. The van der Waals surface area contributed by atoms with E-state index in [9.17, 15) is 15.3 Å². The molecule has 0 spiro atoms. The minimum atomic E-state index is -1.17. The van der Waals surface area contributed by atoms with Gasteiger partial charge in [0.2, 0.25) is 0 Å². The van der Waals surface area contributed by atoms with Gasteiger partial charge in [0.05, 0.1) is 12.9 Å². The molecule has 0 aliphatic carbocycles. The zero-order chi connectivity index (χ0) is 16.6. The molecule has 1 unspecified atom stereocenters. The first-order chi connectivity index (χ1) is 11.1. The van der Waals surface area contributed by atoms with Gasteiger partial charge in [-0.2, -0.15) is 0 Å². The summed E-state index contributed by atoms with van der Waals surface area (Å²) in [6, 6.07) is 0. The normalized spacial score (nSPS) is 27.7. The number of imidazole rings is 1. The first kappa shape index (κ1) is 16.1. The molecule has 23 heavy (non-hydrogen) atoms. The number of aliphatic hydroxyl groups excluding tert-OH is 3. The van der Waals surface area contributed by atoms with Crippen LogP contribution in [0.4, 0.5) is 5.82 Å². The lowest BCUT2D eigenvalue weighted by Crippen LogP contribution is -2.33. The highest BCUT2D eigenvalue weighted by molar-refractivity contribution is 5.83. The van der Waals surface area contributed by atoms with E-state index in [-0.39, 0.29) is 6.61 Å². The van der Waals surface area contributed by atoms with Gasteiger partial charge >= 0.3 is 0 Å². The van der Waals surface area contributed by atoms with Crippen LogP contribution in [0.3, 0.4) is 0 Å². The Morgan fingerprint density at radius 1 is 1.17 bits per heavy atom. The molecule has 126 valence electrons. The Bertz CT molecular complexity index is 674. The van der Waals surface area contributed by atoms with E-state index in [1.165, 1.54) is 12.7 Å². The van der Waals surface area contributed by atoms with Crippen LogP contribution in [0.25, 0.3) is 11.2 Å². The fraction of sp³-hybridized carbons (Fsp3) is 0.643. The second kappa shape index (κ2) is 6.36. The first-order valence-corrected chi connectivity index (χ1v) is 7.67. The van der Waals surface area contributed by atoms with Crippen molar-refractivity contribution in [2.24, 2.45) is 0 Å². The largest absolute Gasteiger partial charge is 0.394 e. The Hall–Kier alpha value is -1.81. The van der Waals surface area contributed by atoms with Crippen molar-refractivity contribution in [1.82, 2.24) is 19.5 Å². The maximum atomic E-state index is 10.2. The van der Waals surface area contributed by atoms with Crippen molar-refractivity contribution in [1.29, 1.82) is 0 Å². The molecule has 0 radical (unpaired) electrons. The van der Waals surface area contributed by atoms with Gasteiger partial charge in [-0.05, 0) is 13.8 Å². The Labute approximate surface area is 133 Å². The Morgan fingerprint density at radius 3 is 2.52 bits per heavy atom. The van der Waals surface area contributed by atoms with E-state index < -0.39 is 24.5 Å². The molecule has 3 N–H and O–H groups in total. The summed E-state index contributed by atoms with van der Waals surface area (Å²) >= 11 is 0. The van der Waals surface area contributed by atoms with E-state index >= 15 is 0 Å². The van der Waals surface area contributed by atoms with Gasteiger partial charge in [-0.15, -0.1) is 0 Å². The van der Waals surface area contributed by atoms with E-state index in [2.05, 4.69) is 19.9 Å². The molecule has 3 rings (SSSR count). The van der Waals surface area contributed by atoms with Crippen LogP contribution in [0.5, 0.6) is 0 Å². The number of ether oxygens (including phenoxy) is 1. The van der Waals surface area contributed by atoms with Crippen LogP contribution >= 0.6 is 0 Å². The quantitative estimate of drug-likeness (QED) is 0.660. The lowest BCUT2D eigenvalue weighted by Gasteiger charge is -2.20. The van der Waals surface area contributed by atoms with Crippen LogP contribution in [-0.4, -0.2) is 72.8 Å². The molecule has 3 heterocycles. The topological polar surface area (TPSA) is 117 Å². The van der Waals surface area contributed by atoms with Crippen LogP contribution in [0.2, 0.25) is 0 Å². The number of fused-ring (bicyclic) bond motifs is 1. The monoisotopic (exact) mass is 323 g/mol. The van der Waals surface area contributed by atoms with Crippen molar-refractivity contribution in [2.75, 3.05) is 24.6 Å². The van der Waals surface area contributed by atoms with E-state index in [1.54, 1.807) is 4.57 Å². The summed E-state index contributed by atoms with van der Waals surface area (Å²) in [4.78, 5) is 14.9. The van der Waals surface area contributed by atoms with Gasteiger partial charge < -0.3 is 25.0 Å². The molecule has 4 atom stereocenters. The highest BCUT2D eigenvalue weighted by Gasteiger charge is 2.44. The lowest BCUT2D eigenvalue weighted by atomic mass is 10.1. The fourth-order valence-corrected chi connectivity index (χ4v) is 2.89. The van der Waals surface area contributed by atoms with Gasteiger partial charge in [0, 0.05) is 13.1 Å². The summed E-state index contributed by atoms with van der Waals surface area (Å²) in [6.45, 7) is 5.24. The average Bonchev–Trinajstić information content (AvgIpc) is 3.11. The van der Waals surface area contributed by atoms with Gasteiger partial charge in [0.15, 0.2) is 23.2 Å². The molecule has 1 aliphatic heterocycles. The Kier molecular flexibility index (Phi) is 4.44. The highest BCUT2D eigenvalue weighted by Crippen LogP contribution is 2.32. The molecule has 0 saturated carbocycles. The lowest BCUT2D eigenvalue weighted by molar-refractivity contribution is -0.0511. The second-order valence-corrected chi connectivity index (χ2v) is 5.42. The maximum absolute atomic E-state index is 10.2. The highest BCUT2D eigenvalue weighted by atomic mass is 16.6. The average molecular weight is 323 g/mol. The van der Waals surface area contributed by atoms with Gasteiger partial charge in [-0.1, -0.05) is 0 Å². The summed E-state index contributed by atoms with van der Waals surface area (Å²) in [7, 11) is 0. The molecule has 1 saturated heterocycles. The summed E-state index contributed by atoms with van der Waals surface area (Å²) in [5.74, 6) is 0.713. The molecule has 0 bridgehead atoms. The number of aliphatic hydroxyl groups is 3. The Morgan fingerprint density at radius 2 is 1.91 bits per heavy atom. The molecule has 1 aliphatic rings. The molecular weight excluding hydrogens is 302 g/mol. The second-order valence-electron chi connectivity index (χ2n) is 5.42. The van der Waals surface area contributed by atoms with Crippen LogP contribution in [0.1, 0.15) is 20.1 Å². The number of hydrogen-bond acceptors (Lipinski definition) is 8. The third-order valence-electron chi connectivity index (χ3n) is 4.19. The number of hydrogen-bond donors (Lipinski definition) is 3. The van der Waals surface area contributed by atoms with Crippen molar-refractivity contribution < 1.29 is 20.1 Å². The van der Waals surface area contributed by atoms with Crippen molar-refractivity contribution in [2.45, 2.75) is 38.4 Å². The van der Waals surface area contributed by atoms with Crippen LogP contribution in [-0.2, 0) is 4.74 Å². The van der Waals surface area contributed by atoms with Crippen molar-refractivity contribution in [3.8, 4) is 0 Å². The number of rotatable bonds is 5. The van der Waals surface area contributed by atoms with Crippen molar-refractivity contribution in [3.05, 3.63) is 12.7 Å². The maximum Gasteiger partial charge on any atom is 0.167 e. The molecular formula is C14H21N5O4. The molecule has 9 nitrogen and oxygen atoms in total. The number of aromatic nitrogens is 4. The summed E-state index contributed by atoms with van der Waals surface area (Å²) in [5, 5.41) is 29.3. The van der Waals surface area contributed by atoms with E-state index in [4.69, 9.17) is 4.74 Å². The zero-order valence-corrected chi connectivity index (χ0v) is 13.1. The van der Waals surface area contributed by atoms with Crippen LogP contribution in [0, 0.1) is 0 Å². The van der Waals surface area contributed by atoms with E-state index in [1.807, 2.05) is 13.8 Å². The Balaban J connectivity index is 2.02. The minimum Gasteiger partial charge on any atom is -0.394 e. The third-order valence-corrected chi connectivity index (χ3v) is 4.19. The molecule has 2 aromatic heterocycles. The van der Waals surface area contributed by atoms with Crippen molar-refractivity contribution in [3.63, 3.8) is 0 Å². The fourth-order valence-electron chi connectivity index (χ4n) is 2.89. The van der Waals surface area contributed by atoms with Crippen LogP contribution < -0.4 is 4.90 Å². The van der Waals surface area contributed by atoms with E-state index in [0.29, 0.717) is 17.0 Å². The molecule has 0 aromatic carbocycles. The third kappa shape index (κ3) is 2.55. The zero-order valence-electron chi connectivity index (χ0n) is 13.1. The van der Waals surface area contributed by atoms with Crippen molar-refractivity contribution >= 4 is 17.0 Å². The van der Waals surface area contributed by atoms with Gasteiger partial charge in [-0.3, -0.25) is 4.57 Å². The SMILES string of the molecule is CCN(CC)c1ncnc2c1ncn2C1O[C@H](CO)[C@@H](O)[C@H]1O. The minimum absolute atomic E-state index is 0.374. The summed E-state index contributed by atoms with van der Waals surface area (Å²) in [6.07, 6.45) is -1.08. The molecule has 0 amide bonds. The number of nitrogens with zero attached hydrogens (tertiary/aromatic N) is 5. The predicted octanol–water partition coefficient (Wildman–Crippen LogP) is -0.716. The first-order valence-electron chi connectivity index (χ1n) is 7.67. The van der Waals surface area contributed by atoms with Gasteiger partial charge in [0.1, 0.15) is 24.6 Å². The summed E-state index contributed by atoms with van der Waals surface area (Å²) in [5.41, 5.74) is 1.12. The summed E-state index contributed by atoms with van der Waals surface area (Å²) < 4.78 is 7.10. The predicted molar refractivity (Wildman–Crippen MR) is 81.9 cm³/mol. The van der Waals surface area contributed by atoms with Crippen LogP contribution in [0.15, 0.2) is 12.7 Å². The number of anilines is 1. The smallest absolute Gasteiger partial charge is 0.167 e. The molecule has 2 aromatic rings. The standard InChI is InChI=1S/C14H21N5O4/c1-3-18(4-2)12-9-13(16-6-15-12)19(7-17-9)14-11(22)10(21)8(5-20)23-14/h6-8,10-11,14,20-22H,3-5H2,1-2H3/t8-,10-,11-,14?/m1/s1. The molecule has 9 heteroatoms. The van der Waals surface area contributed by atoms with E-state index in [0.717, 1.165) is 13.1 Å². The van der Waals surface area contributed by atoms with Gasteiger partial charge in [0.25, 0.3) is 0 Å². The van der Waals surface area contributed by atoms with Gasteiger partial charge in [-0.25, -0.2) is 15.0 Å².